The Morgan fingerprint density at radius 2 is 1.80 bits per heavy atom. The van der Waals surface area contributed by atoms with Crippen LogP contribution in [0, 0.1) is 5.92 Å². The number of carbonyl (C=O) groups excluding carboxylic acids is 2. The smallest absolute Gasteiger partial charge is 0.407 e. The summed E-state index contributed by atoms with van der Waals surface area (Å²) in [5.41, 5.74) is 1.79. The maximum atomic E-state index is 12.7. The zero-order chi connectivity index (χ0) is 22.1. The predicted octanol–water partition coefficient (Wildman–Crippen LogP) is 4.33. The summed E-state index contributed by atoms with van der Waals surface area (Å²) in [5, 5.41) is 5.70. The number of amides is 2. The highest BCUT2D eigenvalue weighted by molar-refractivity contribution is 5.98. The molecule has 2 aromatic rings. The number of aromatic nitrogens is 2. The number of hydrogen-bond donors (Lipinski definition) is 2. The minimum absolute atomic E-state index is 0.250. The van der Waals surface area contributed by atoms with Crippen molar-refractivity contribution in [3.63, 3.8) is 0 Å². The second-order valence-electron chi connectivity index (χ2n) is 8.21. The van der Waals surface area contributed by atoms with Crippen molar-refractivity contribution >= 4 is 12.0 Å². The molecule has 0 unspecified atom stereocenters. The lowest BCUT2D eigenvalue weighted by molar-refractivity contribution is 0.0360. The summed E-state index contributed by atoms with van der Waals surface area (Å²) in [6, 6.07) is 7.50. The number of carbonyl (C=O) groups is 2. The van der Waals surface area contributed by atoms with Crippen LogP contribution >= 0.6 is 0 Å². The van der Waals surface area contributed by atoms with Crippen LogP contribution in [0.15, 0.2) is 36.7 Å². The molecule has 2 N–H and O–H groups in total. The Morgan fingerprint density at radius 3 is 2.50 bits per heavy atom. The van der Waals surface area contributed by atoms with Crippen molar-refractivity contribution in [3.8, 4) is 11.3 Å². The average Bonchev–Trinajstić information content (AvgIpc) is 2.72. The van der Waals surface area contributed by atoms with E-state index in [2.05, 4.69) is 34.4 Å². The fourth-order valence-electron chi connectivity index (χ4n) is 2.69. The van der Waals surface area contributed by atoms with Gasteiger partial charge in [0.1, 0.15) is 11.3 Å². The fraction of sp³-hybridized carbons (Fsp3) is 0.478. The SMILES string of the molecule is CCC(C)(C)OC(=O)NCc1ccccc1-c1nccnc1C(=O)NCCC(C)C. The van der Waals surface area contributed by atoms with E-state index in [0.29, 0.717) is 24.6 Å². The topological polar surface area (TPSA) is 93.2 Å². The van der Waals surface area contributed by atoms with Gasteiger partial charge < -0.3 is 15.4 Å². The van der Waals surface area contributed by atoms with E-state index in [1.54, 1.807) is 6.20 Å². The van der Waals surface area contributed by atoms with Gasteiger partial charge in [-0.15, -0.1) is 0 Å². The van der Waals surface area contributed by atoms with E-state index in [0.717, 1.165) is 17.5 Å². The summed E-state index contributed by atoms with van der Waals surface area (Å²) >= 11 is 0. The highest BCUT2D eigenvalue weighted by Crippen LogP contribution is 2.24. The molecule has 0 saturated carbocycles. The van der Waals surface area contributed by atoms with E-state index >= 15 is 0 Å². The molecule has 0 spiro atoms. The van der Waals surface area contributed by atoms with Crippen molar-refractivity contribution in [3.05, 3.63) is 47.9 Å². The lowest BCUT2D eigenvalue weighted by atomic mass is 10.0. The molecule has 1 aromatic carbocycles. The van der Waals surface area contributed by atoms with Crippen molar-refractivity contribution in [2.75, 3.05) is 6.54 Å². The number of nitrogens with one attached hydrogen (secondary N) is 2. The molecule has 7 nitrogen and oxygen atoms in total. The molecule has 0 aliphatic carbocycles. The van der Waals surface area contributed by atoms with Gasteiger partial charge in [-0.1, -0.05) is 45.0 Å². The summed E-state index contributed by atoms with van der Waals surface area (Å²) in [5.74, 6) is 0.237. The first-order chi connectivity index (χ1) is 14.2. The molecular weight excluding hydrogens is 380 g/mol. The summed E-state index contributed by atoms with van der Waals surface area (Å²) in [6.45, 7) is 10.7. The van der Waals surface area contributed by atoms with Crippen LogP contribution in [0.25, 0.3) is 11.3 Å². The quantitative estimate of drug-likeness (QED) is 0.639. The molecule has 0 atom stereocenters. The van der Waals surface area contributed by atoms with E-state index in [9.17, 15) is 9.59 Å². The number of alkyl carbamates (subject to hydrolysis) is 1. The van der Waals surface area contributed by atoms with Gasteiger partial charge in [-0.05, 0) is 38.2 Å². The fourth-order valence-corrected chi connectivity index (χ4v) is 2.69. The third-order valence-corrected chi connectivity index (χ3v) is 4.84. The van der Waals surface area contributed by atoms with Crippen LogP contribution in [0.2, 0.25) is 0 Å². The van der Waals surface area contributed by atoms with Crippen LogP contribution in [0.5, 0.6) is 0 Å². The van der Waals surface area contributed by atoms with Crippen molar-refractivity contribution in [1.82, 2.24) is 20.6 Å². The minimum atomic E-state index is -0.532. The van der Waals surface area contributed by atoms with Gasteiger partial charge in [-0.25, -0.2) is 9.78 Å². The molecule has 2 rings (SSSR count). The molecule has 0 aliphatic heterocycles. The second-order valence-corrected chi connectivity index (χ2v) is 8.21. The van der Waals surface area contributed by atoms with E-state index in [-0.39, 0.29) is 18.1 Å². The van der Waals surface area contributed by atoms with Crippen LogP contribution < -0.4 is 10.6 Å². The molecule has 7 heteroatoms. The highest BCUT2D eigenvalue weighted by atomic mass is 16.6. The van der Waals surface area contributed by atoms with Crippen molar-refractivity contribution in [2.24, 2.45) is 5.92 Å². The van der Waals surface area contributed by atoms with Crippen LogP contribution in [0.3, 0.4) is 0 Å². The Labute approximate surface area is 178 Å². The Kier molecular flexibility index (Phi) is 8.33. The Morgan fingerprint density at radius 1 is 1.10 bits per heavy atom. The highest BCUT2D eigenvalue weighted by Gasteiger charge is 2.21. The normalized spacial score (nSPS) is 11.3. The van der Waals surface area contributed by atoms with Crippen molar-refractivity contribution in [2.45, 2.75) is 59.6 Å². The maximum absolute atomic E-state index is 12.7. The third-order valence-electron chi connectivity index (χ3n) is 4.84. The summed E-state index contributed by atoms with van der Waals surface area (Å²) < 4.78 is 5.44. The molecule has 162 valence electrons. The predicted molar refractivity (Wildman–Crippen MR) is 117 cm³/mol. The van der Waals surface area contributed by atoms with Crippen LogP contribution in [0.4, 0.5) is 4.79 Å². The van der Waals surface area contributed by atoms with Gasteiger partial charge in [-0.3, -0.25) is 9.78 Å². The number of ether oxygens (including phenoxy) is 1. The standard InChI is InChI=1S/C23H32N4O3/c1-6-23(4,5)30-22(29)27-15-17-9-7-8-10-18(17)19-20(25-14-13-24-19)21(28)26-12-11-16(2)3/h7-10,13-14,16H,6,11-12,15H2,1-5H3,(H,26,28)(H,27,29). The molecule has 0 saturated heterocycles. The largest absolute Gasteiger partial charge is 0.444 e. The third kappa shape index (κ3) is 6.83. The summed E-state index contributed by atoms with van der Waals surface area (Å²) in [4.78, 5) is 33.5. The van der Waals surface area contributed by atoms with Crippen molar-refractivity contribution < 1.29 is 14.3 Å². The van der Waals surface area contributed by atoms with E-state index in [1.807, 2.05) is 45.0 Å². The molecule has 1 aromatic heterocycles. The summed E-state index contributed by atoms with van der Waals surface area (Å²) in [7, 11) is 0. The molecule has 2 amide bonds. The first-order valence-corrected chi connectivity index (χ1v) is 10.4. The van der Waals surface area contributed by atoms with Gasteiger partial charge in [0, 0.05) is 31.0 Å². The molecule has 0 bridgehead atoms. The van der Waals surface area contributed by atoms with Gasteiger partial charge in [0.25, 0.3) is 5.91 Å². The lowest BCUT2D eigenvalue weighted by Crippen LogP contribution is -2.34. The monoisotopic (exact) mass is 412 g/mol. The molecule has 0 fully saturated rings. The molecule has 1 heterocycles. The zero-order valence-corrected chi connectivity index (χ0v) is 18.5. The Hall–Kier alpha value is -2.96. The van der Waals surface area contributed by atoms with Gasteiger partial charge in [0.05, 0.1) is 0 Å². The number of nitrogens with zero attached hydrogens (tertiary/aromatic N) is 2. The Bertz CT molecular complexity index is 865. The van der Waals surface area contributed by atoms with E-state index < -0.39 is 11.7 Å². The summed E-state index contributed by atoms with van der Waals surface area (Å²) in [6.07, 6.45) is 4.18. The molecule has 30 heavy (non-hydrogen) atoms. The van der Waals surface area contributed by atoms with Gasteiger partial charge in [0.2, 0.25) is 0 Å². The second kappa shape index (κ2) is 10.7. The molecular formula is C23H32N4O3. The van der Waals surface area contributed by atoms with Crippen molar-refractivity contribution in [1.29, 1.82) is 0 Å². The van der Waals surface area contributed by atoms with Crippen LogP contribution in [-0.4, -0.2) is 34.1 Å². The molecule has 0 radical (unpaired) electrons. The Balaban J connectivity index is 2.19. The first-order valence-electron chi connectivity index (χ1n) is 10.4. The number of benzene rings is 1. The lowest BCUT2D eigenvalue weighted by Gasteiger charge is -2.23. The maximum Gasteiger partial charge on any atom is 0.407 e. The number of rotatable bonds is 9. The first kappa shape index (κ1) is 23.3. The van der Waals surface area contributed by atoms with Crippen LogP contribution in [0.1, 0.15) is 63.5 Å². The van der Waals surface area contributed by atoms with E-state index in [1.165, 1.54) is 6.20 Å². The molecule has 0 aliphatic rings. The van der Waals surface area contributed by atoms with Gasteiger partial charge in [-0.2, -0.15) is 0 Å². The van der Waals surface area contributed by atoms with Gasteiger partial charge in [0.15, 0.2) is 5.69 Å². The average molecular weight is 413 g/mol. The van der Waals surface area contributed by atoms with E-state index in [4.69, 9.17) is 4.74 Å². The minimum Gasteiger partial charge on any atom is -0.444 e. The zero-order valence-electron chi connectivity index (χ0n) is 18.5. The van der Waals surface area contributed by atoms with Gasteiger partial charge >= 0.3 is 6.09 Å². The number of hydrogen-bond acceptors (Lipinski definition) is 5. The van der Waals surface area contributed by atoms with Crippen LogP contribution in [-0.2, 0) is 11.3 Å².